The molecular formula is C13H15FN2O2. The van der Waals surface area contributed by atoms with Gasteiger partial charge in [0.2, 0.25) is 11.8 Å². The summed E-state index contributed by atoms with van der Waals surface area (Å²) in [7, 11) is 0. The average Bonchev–Trinajstić information content (AvgIpc) is 2.77. The molecule has 0 saturated carbocycles. The van der Waals surface area contributed by atoms with Crippen molar-refractivity contribution < 1.29 is 14.0 Å². The molecule has 18 heavy (non-hydrogen) atoms. The number of halogens is 1. The Kier molecular flexibility index (Phi) is 3.60. The minimum Gasteiger partial charge on any atom is -0.355 e. The Morgan fingerprint density at radius 2 is 2.33 bits per heavy atom. The van der Waals surface area contributed by atoms with Crippen LogP contribution in [0.15, 0.2) is 24.3 Å². The maximum absolute atomic E-state index is 13.2. The zero-order valence-corrected chi connectivity index (χ0v) is 10.1. The van der Waals surface area contributed by atoms with Crippen LogP contribution in [-0.2, 0) is 9.59 Å². The van der Waals surface area contributed by atoms with E-state index in [4.69, 9.17) is 0 Å². The molecule has 1 aromatic carbocycles. The molecule has 1 aliphatic heterocycles. The lowest BCUT2D eigenvalue weighted by Crippen LogP contribution is -2.37. The lowest BCUT2D eigenvalue weighted by molar-refractivity contribution is -0.124. The standard InChI is InChI=1S/C13H15FN2O2/c1-2-16(11-5-3-4-10(14)7-11)13(18)9-6-12(17)15-8-9/h3-5,7,9H,2,6,8H2,1H3,(H,15,17). The molecule has 96 valence electrons. The van der Waals surface area contributed by atoms with E-state index in [1.54, 1.807) is 12.1 Å². The first-order valence-electron chi connectivity index (χ1n) is 5.95. The number of rotatable bonds is 3. The van der Waals surface area contributed by atoms with Crippen molar-refractivity contribution in [2.45, 2.75) is 13.3 Å². The number of anilines is 1. The van der Waals surface area contributed by atoms with Crippen LogP contribution in [-0.4, -0.2) is 24.9 Å². The lowest BCUT2D eigenvalue weighted by Gasteiger charge is -2.23. The fourth-order valence-corrected chi connectivity index (χ4v) is 2.11. The molecule has 1 heterocycles. The summed E-state index contributed by atoms with van der Waals surface area (Å²) < 4.78 is 13.2. The highest BCUT2D eigenvalue weighted by molar-refractivity contribution is 5.98. The smallest absolute Gasteiger partial charge is 0.232 e. The van der Waals surface area contributed by atoms with E-state index >= 15 is 0 Å². The molecule has 1 aliphatic rings. The highest BCUT2D eigenvalue weighted by Crippen LogP contribution is 2.20. The molecule has 1 aromatic rings. The number of amides is 2. The van der Waals surface area contributed by atoms with Gasteiger partial charge in [-0.1, -0.05) is 6.07 Å². The lowest BCUT2D eigenvalue weighted by atomic mass is 10.1. The van der Waals surface area contributed by atoms with Crippen LogP contribution in [0.1, 0.15) is 13.3 Å². The molecule has 1 atom stereocenters. The van der Waals surface area contributed by atoms with Gasteiger partial charge in [0.25, 0.3) is 0 Å². The molecule has 5 heteroatoms. The summed E-state index contributed by atoms with van der Waals surface area (Å²) >= 11 is 0. The fraction of sp³-hybridized carbons (Fsp3) is 0.385. The average molecular weight is 250 g/mol. The van der Waals surface area contributed by atoms with Crippen molar-refractivity contribution in [3.63, 3.8) is 0 Å². The van der Waals surface area contributed by atoms with E-state index in [0.717, 1.165) is 0 Å². The van der Waals surface area contributed by atoms with E-state index in [-0.39, 0.29) is 30.0 Å². The van der Waals surface area contributed by atoms with Crippen LogP contribution in [0.4, 0.5) is 10.1 Å². The van der Waals surface area contributed by atoms with Gasteiger partial charge in [0, 0.05) is 25.2 Å². The normalized spacial score (nSPS) is 18.6. The number of hydrogen-bond acceptors (Lipinski definition) is 2. The molecule has 0 aliphatic carbocycles. The summed E-state index contributed by atoms with van der Waals surface area (Å²) in [5.74, 6) is -0.967. The van der Waals surface area contributed by atoms with Gasteiger partial charge < -0.3 is 10.2 Å². The summed E-state index contributed by atoms with van der Waals surface area (Å²) in [6, 6.07) is 5.92. The van der Waals surface area contributed by atoms with Gasteiger partial charge in [-0.25, -0.2) is 4.39 Å². The summed E-state index contributed by atoms with van der Waals surface area (Å²) in [5, 5.41) is 2.63. The van der Waals surface area contributed by atoms with Crippen LogP contribution in [0.3, 0.4) is 0 Å². The van der Waals surface area contributed by atoms with Gasteiger partial charge in [0.15, 0.2) is 0 Å². The Bertz CT molecular complexity index is 476. The number of nitrogens with one attached hydrogen (secondary N) is 1. The molecule has 1 N–H and O–H groups in total. The van der Waals surface area contributed by atoms with Gasteiger partial charge in [-0.15, -0.1) is 0 Å². The van der Waals surface area contributed by atoms with E-state index in [1.165, 1.54) is 17.0 Å². The van der Waals surface area contributed by atoms with Gasteiger partial charge >= 0.3 is 0 Å². The SMILES string of the molecule is CCN(C(=O)C1CNC(=O)C1)c1cccc(F)c1. The van der Waals surface area contributed by atoms with E-state index in [1.807, 2.05) is 6.92 Å². The third-order valence-corrected chi connectivity index (χ3v) is 3.03. The Morgan fingerprint density at radius 3 is 2.89 bits per heavy atom. The molecule has 4 nitrogen and oxygen atoms in total. The van der Waals surface area contributed by atoms with Gasteiger partial charge in [-0.3, -0.25) is 9.59 Å². The molecule has 2 rings (SSSR count). The van der Waals surface area contributed by atoms with Gasteiger partial charge in [-0.2, -0.15) is 0 Å². The van der Waals surface area contributed by atoms with E-state index in [0.29, 0.717) is 18.8 Å². The van der Waals surface area contributed by atoms with Gasteiger partial charge in [0.05, 0.1) is 5.92 Å². The predicted octanol–water partition coefficient (Wildman–Crippen LogP) is 1.31. The van der Waals surface area contributed by atoms with Gasteiger partial charge in [0.1, 0.15) is 5.82 Å². The minimum absolute atomic E-state index is 0.108. The molecule has 0 spiro atoms. The summed E-state index contributed by atoms with van der Waals surface area (Å²) in [4.78, 5) is 24.9. The number of carbonyl (C=O) groups excluding carboxylic acids is 2. The zero-order chi connectivity index (χ0) is 13.1. The van der Waals surface area contributed by atoms with Crippen LogP contribution in [0.25, 0.3) is 0 Å². The first-order chi connectivity index (χ1) is 8.61. The van der Waals surface area contributed by atoms with Crippen LogP contribution >= 0.6 is 0 Å². The van der Waals surface area contributed by atoms with Crippen molar-refractivity contribution in [3.05, 3.63) is 30.1 Å². The summed E-state index contributed by atoms with van der Waals surface area (Å²) in [6.07, 6.45) is 0.213. The predicted molar refractivity (Wildman–Crippen MR) is 65.5 cm³/mol. The zero-order valence-electron chi connectivity index (χ0n) is 10.1. The highest BCUT2D eigenvalue weighted by atomic mass is 19.1. The molecule has 2 amide bonds. The largest absolute Gasteiger partial charge is 0.355 e. The maximum atomic E-state index is 13.2. The van der Waals surface area contributed by atoms with Crippen LogP contribution in [0, 0.1) is 11.7 Å². The van der Waals surface area contributed by atoms with Crippen molar-refractivity contribution in [1.29, 1.82) is 0 Å². The Balaban J connectivity index is 2.18. The molecule has 1 saturated heterocycles. The fourth-order valence-electron chi connectivity index (χ4n) is 2.11. The summed E-state index contributed by atoms with van der Waals surface area (Å²) in [5.41, 5.74) is 0.529. The van der Waals surface area contributed by atoms with Crippen molar-refractivity contribution >= 4 is 17.5 Å². The molecular weight excluding hydrogens is 235 g/mol. The quantitative estimate of drug-likeness (QED) is 0.879. The van der Waals surface area contributed by atoms with Crippen molar-refractivity contribution in [2.24, 2.45) is 5.92 Å². The van der Waals surface area contributed by atoms with E-state index in [2.05, 4.69) is 5.32 Å². The number of carbonyl (C=O) groups is 2. The van der Waals surface area contributed by atoms with Crippen LogP contribution < -0.4 is 10.2 Å². The third kappa shape index (κ3) is 2.50. The Morgan fingerprint density at radius 1 is 1.56 bits per heavy atom. The van der Waals surface area contributed by atoms with Crippen molar-refractivity contribution in [2.75, 3.05) is 18.0 Å². The van der Waals surface area contributed by atoms with E-state index < -0.39 is 0 Å². The number of hydrogen-bond donors (Lipinski definition) is 1. The topological polar surface area (TPSA) is 49.4 Å². The monoisotopic (exact) mass is 250 g/mol. The van der Waals surface area contributed by atoms with E-state index in [9.17, 15) is 14.0 Å². The minimum atomic E-state index is -0.376. The number of benzene rings is 1. The third-order valence-electron chi connectivity index (χ3n) is 3.03. The highest BCUT2D eigenvalue weighted by Gasteiger charge is 2.31. The van der Waals surface area contributed by atoms with Crippen molar-refractivity contribution in [3.8, 4) is 0 Å². The molecule has 0 bridgehead atoms. The van der Waals surface area contributed by atoms with Crippen molar-refractivity contribution in [1.82, 2.24) is 5.32 Å². The molecule has 1 fully saturated rings. The number of nitrogens with zero attached hydrogens (tertiary/aromatic N) is 1. The molecule has 0 radical (unpaired) electrons. The Labute approximate surface area is 105 Å². The Hall–Kier alpha value is -1.91. The van der Waals surface area contributed by atoms with Gasteiger partial charge in [-0.05, 0) is 25.1 Å². The first-order valence-corrected chi connectivity index (χ1v) is 5.95. The second kappa shape index (κ2) is 5.16. The molecule has 0 aromatic heterocycles. The molecule has 1 unspecified atom stereocenters. The first kappa shape index (κ1) is 12.5. The summed E-state index contributed by atoms with van der Waals surface area (Å²) in [6.45, 7) is 2.64. The van der Waals surface area contributed by atoms with Crippen LogP contribution in [0.5, 0.6) is 0 Å². The maximum Gasteiger partial charge on any atom is 0.232 e. The second-order valence-corrected chi connectivity index (χ2v) is 4.27. The van der Waals surface area contributed by atoms with Crippen LogP contribution in [0.2, 0.25) is 0 Å². The second-order valence-electron chi connectivity index (χ2n) is 4.27.